The number of nitro benzene ring substituents is 1. The van der Waals surface area contributed by atoms with E-state index in [2.05, 4.69) is 16.5 Å². The van der Waals surface area contributed by atoms with Crippen molar-refractivity contribution in [3.05, 3.63) is 75.3 Å². The zero-order valence-corrected chi connectivity index (χ0v) is 14.1. The summed E-state index contributed by atoms with van der Waals surface area (Å²) in [6.07, 6.45) is 4.32. The molecule has 0 heterocycles. The lowest BCUT2D eigenvalue weighted by molar-refractivity contribution is -0.384. The molecule has 7 nitrogen and oxygen atoms in total. The normalized spacial score (nSPS) is 16.1. The lowest BCUT2D eigenvalue weighted by Crippen LogP contribution is -2.33. The first kappa shape index (κ1) is 17.6. The van der Waals surface area contributed by atoms with E-state index in [1.165, 1.54) is 23.9 Å². The Bertz CT molecular complexity index is 835. The van der Waals surface area contributed by atoms with Gasteiger partial charge in [-0.3, -0.25) is 14.9 Å². The highest BCUT2D eigenvalue weighted by Crippen LogP contribution is 2.29. The van der Waals surface area contributed by atoms with Gasteiger partial charge in [-0.25, -0.2) is 0 Å². The van der Waals surface area contributed by atoms with Crippen LogP contribution in [0.1, 0.15) is 35.6 Å². The van der Waals surface area contributed by atoms with Crippen molar-refractivity contribution in [1.29, 1.82) is 0 Å². The van der Waals surface area contributed by atoms with Gasteiger partial charge in [-0.05, 0) is 30.4 Å². The van der Waals surface area contributed by atoms with Crippen LogP contribution in [0.4, 0.5) is 5.69 Å². The fourth-order valence-electron chi connectivity index (χ4n) is 3.05. The van der Waals surface area contributed by atoms with E-state index in [9.17, 15) is 14.9 Å². The maximum Gasteiger partial charge on any atom is 0.270 e. The maximum atomic E-state index is 12.1. The van der Waals surface area contributed by atoms with Crippen LogP contribution in [0.3, 0.4) is 0 Å². The predicted molar refractivity (Wildman–Crippen MR) is 96.9 cm³/mol. The summed E-state index contributed by atoms with van der Waals surface area (Å²) < 4.78 is 0. The Kier molecular flexibility index (Phi) is 5.58. The molecule has 7 heteroatoms. The molecule has 0 aromatic heterocycles. The van der Waals surface area contributed by atoms with Gasteiger partial charge in [0.15, 0.2) is 6.61 Å². The van der Waals surface area contributed by atoms with Gasteiger partial charge < -0.3 is 10.2 Å². The number of nitro groups is 1. The van der Waals surface area contributed by atoms with Crippen LogP contribution in [0.25, 0.3) is 0 Å². The molecule has 0 spiro atoms. The third kappa shape index (κ3) is 4.44. The number of rotatable bonds is 6. The minimum atomic E-state index is -0.479. The van der Waals surface area contributed by atoms with Gasteiger partial charge in [0, 0.05) is 17.7 Å². The first-order valence-electron chi connectivity index (χ1n) is 8.40. The number of nitrogens with one attached hydrogen (secondary N) is 1. The first-order valence-corrected chi connectivity index (χ1v) is 8.40. The van der Waals surface area contributed by atoms with Crippen LogP contribution < -0.4 is 5.32 Å². The van der Waals surface area contributed by atoms with Crippen LogP contribution in [0.15, 0.2) is 53.7 Å². The van der Waals surface area contributed by atoms with Gasteiger partial charge in [0.1, 0.15) is 0 Å². The summed E-state index contributed by atoms with van der Waals surface area (Å²) >= 11 is 0. The summed E-state index contributed by atoms with van der Waals surface area (Å²) in [5.41, 5.74) is 2.93. The second-order valence-electron chi connectivity index (χ2n) is 6.07. The second-order valence-corrected chi connectivity index (χ2v) is 6.07. The number of oxime groups is 1. The summed E-state index contributed by atoms with van der Waals surface area (Å²) in [5.74, 6) is -0.247. The lowest BCUT2D eigenvalue weighted by atomic mass is 9.88. The Morgan fingerprint density at radius 3 is 3.00 bits per heavy atom. The third-order valence-corrected chi connectivity index (χ3v) is 4.26. The molecule has 2 aromatic carbocycles. The minimum Gasteiger partial charge on any atom is -0.386 e. The molecule has 0 fully saturated rings. The van der Waals surface area contributed by atoms with Crippen LogP contribution in [0, 0.1) is 10.1 Å². The molecular weight excluding hydrogens is 334 g/mol. The van der Waals surface area contributed by atoms with Crippen molar-refractivity contribution in [3.8, 4) is 0 Å². The zero-order chi connectivity index (χ0) is 18.4. The molecule has 0 saturated carbocycles. The number of carbonyl (C=O) groups is 1. The van der Waals surface area contributed by atoms with Crippen molar-refractivity contribution < 1.29 is 14.6 Å². The fourth-order valence-corrected chi connectivity index (χ4v) is 3.05. The number of hydrogen-bond donors (Lipinski definition) is 1. The predicted octanol–water partition coefficient (Wildman–Crippen LogP) is 3.14. The van der Waals surface area contributed by atoms with Gasteiger partial charge in [0.05, 0.1) is 17.2 Å². The number of hydrogen-bond acceptors (Lipinski definition) is 5. The molecule has 1 amide bonds. The average molecular weight is 353 g/mol. The van der Waals surface area contributed by atoms with E-state index in [0.29, 0.717) is 5.56 Å². The summed E-state index contributed by atoms with van der Waals surface area (Å²) in [7, 11) is 0. The highest BCUT2D eigenvalue weighted by molar-refractivity contribution is 5.80. The van der Waals surface area contributed by atoms with Crippen molar-refractivity contribution in [2.45, 2.75) is 25.3 Å². The van der Waals surface area contributed by atoms with E-state index in [1.807, 2.05) is 18.2 Å². The molecule has 134 valence electrons. The number of amides is 1. The number of fused-ring (bicyclic) bond motifs is 1. The molecule has 1 aliphatic rings. The highest BCUT2D eigenvalue weighted by atomic mass is 16.6. The molecule has 0 saturated heterocycles. The first-order chi connectivity index (χ1) is 12.6. The molecule has 0 aliphatic heterocycles. The van der Waals surface area contributed by atoms with Crippen molar-refractivity contribution in [2.75, 3.05) is 6.61 Å². The second kappa shape index (κ2) is 8.24. The topological polar surface area (TPSA) is 93.8 Å². The number of non-ortho nitro benzene ring substituents is 1. The van der Waals surface area contributed by atoms with Crippen LogP contribution >= 0.6 is 0 Å². The van der Waals surface area contributed by atoms with E-state index >= 15 is 0 Å². The lowest BCUT2D eigenvalue weighted by Gasteiger charge is -2.26. The molecule has 0 radical (unpaired) electrons. The van der Waals surface area contributed by atoms with Crippen LogP contribution in [-0.4, -0.2) is 23.7 Å². The number of benzene rings is 2. The number of nitrogens with zero attached hydrogens (tertiary/aromatic N) is 2. The molecule has 3 rings (SSSR count). The largest absolute Gasteiger partial charge is 0.386 e. The van der Waals surface area contributed by atoms with Crippen LogP contribution in [0.2, 0.25) is 0 Å². The Morgan fingerprint density at radius 2 is 2.15 bits per heavy atom. The Labute approximate surface area is 150 Å². The molecule has 1 atom stereocenters. The maximum absolute atomic E-state index is 12.1. The summed E-state index contributed by atoms with van der Waals surface area (Å²) in [4.78, 5) is 27.3. The molecule has 2 aromatic rings. The Balaban J connectivity index is 1.51. The van der Waals surface area contributed by atoms with Gasteiger partial charge in [-0.1, -0.05) is 41.6 Å². The van der Waals surface area contributed by atoms with Crippen molar-refractivity contribution in [2.24, 2.45) is 5.16 Å². The molecule has 0 unspecified atom stereocenters. The smallest absolute Gasteiger partial charge is 0.270 e. The Morgan fingerprint density at radius 1 is 1.31 bits per heavy atom. The summed E-state index contributed by atoms with van der Waals surface area (Å²) in [6.45, 7) is -0.204. The van der Waals surface area contributed by atoms with Crippen molar-refractivity contribution in [3.63, 3.8) is 0 Å². The van der Waals surface area contributed by atoms with Crippen LogP contribution in [0.5, 0.6) is 0 Å². The standard InChI is InChI=1S/C19H19N3O4/c23-19(21-18-10-4-7-15-6-1-2-9-17(15)18)13-26-20-12-14-5-3-8-16(11-14)22(24)25/h1-3,5-6,8-9,11-12,18H,4,7,10,13H2,(H,21,23)/b20-12-/t18-/m1/s1. The molecule has 1 aliphatic carbocycles. The van der Waals surface area contributed by atoms with Crippen molar-refractivity contribution >= 4 is 17.8 Å². The van der Waals surface area contributed by atoms with Gasteiger partial charge in [-0.2, -0.15) is 0 Å². The van der Waals surface area contributed by atoms with E-state index in [-0.39, 0.29) is 24.2 Å². The molecule has 1 N–H and O–H groups in total. The quantitative estimate of drug-likeness (QED) is 0.490. The highest BCUT2D eigenvalue weighted by Gasteiger charge is 2.21. The Hall–Kier alpha value is -3.22. The van der Waals surface area contributed by atoms with Gasteiger partial charge >= 0.3 is 0 Å². The van der Waals surface area contributed by atoms with E-state index < -0.39 is 4.92 Å². The van der Waals surface area contributed by atoms with Gasteiger partial charge in [-0.15, -0.1) is 0 Å². The average Bonchev–Trinajstić information content (AvgIpc) is 2.66. The van der Waals surface area contributed by atoms with Gasteiger partial charge in [0.25, 0.3) is 11.6 Å². The summed E-state index contributed by atoms with van der Waals surface area (Å²) in [6, 6.07) is 14.1. The number of aryl methyl sites for hydroxylation is 1. The molecule has 26 heavy (non-hydrogen) atoms. The van der Waals surface area contributed by atoms with Crippen molar-refractivity contribution in [1.82, 2.24) is 5.32 Å². The number of carbonyl (C=O) groups excluding carboxylic acids is 1. The van der Waals surface area contributed by atoms with Crippen LogP contribution in [-0.2, 0) is 16.1 Å². The monoisotopic (exact) mass is 353 g/mol. The van der Waals surface area contributed by atoms with E-state index in [1.54, 1.807) is 12.1 Å². The summed E-state index contributed by atoms with van der Waals surface area (Å²) in [5, 5.41) is 17.4. The third-order valence-electron chi connectivity index (χ3n) is 4.26. The van der Waals surface area contributed by atoms with E-state index in [0.717, 1.165) is 24.8 Å². The minimum absolute atomic E-state index is 0.00296. The zero-order valence-electron chi connectivity index (χ0n) is 14.1. The SMILES string of the molecule is O=C(CO/N=C\c1cccc([N+](=O)[O-])c1)N[C@@H]1CCCc2ccccc21. The van der Waals surface area contributed by atoms with E-state index in [4.69, 9.17) is 4.84 Å². The molecule has 0 bridgehead atoms. The molecular formula is C19H19N3O4. The fraction of sp³-hybridized carbons (Fsp3) is 0.263. The van der Waals surface area contributed by atoms with Gasteiger partial charge in [0.2, 0.25) is 0 Å².